The van der Waals surface area contributed by atoms with Gasteiger partial charge in [0.25, 0.3) is 0 Å². The Morgan fingerprint density at radius 3 is 1.29 bits per heavy atom. The third-order valence-corrected chi connectivity index (χ3v) is 13.6. The fourth-order valence-electron chi connectivity index (χ4n) is 10.4. The number of benzene rings is 10. The molecular formula is C63H39N5O. The minimum Gasteiger partial charge on any atom is -0.456 e. The Bertz CT molecular complexity index is 4230. The Balaban J connectivity index is 0.985. The minimum atomic E-state index is 0.622. The average Bonchev–Trinajstić information content (AvgIpc) is 4.08. The van der Waals surface area contributed by atoms with Crippen LogP contribution in [0.25, 0.3) is 133 Å². The summed E-state index contributed by atoms with van der Waals surface area (Å²) in [5, 5.41) is 6.81. The maximum Gasteiger partial charge on any atom is 0.164 e. The van der Waals surface area contributed by atoms with Crippen molar-refractivity contribution in [2.45, 2.75) is 0 Å². The standard InChI is InChI=1S/C63H39N5O/c1-5-16-40(17-6-1)61-64-62(41-18-7-2-8-19-41)66-63(65-61)49-25-15-26-57-60(49)53-39-44(30-34-56(53)68(57)47-22-11-4-12-23-47)42-28-32-54-50(36-42)51-37-43(29-33-55(51)67(54)46-20-9-3-10-21-46)45-31-35-59-52(38-45)48-24-13-14-27-58(48)69-59/h1-39H. The number of hydrogen-bond acceptors (Lipinski definition) is 4. The highest BCUT2D eigenvalue weighted by Gasteiger charge is 2.22. The molecule has 0 saturated heterocycles. The summed E-state index contributed by atoms with van der Waals surface area (Å²) in [6.45, 7) is 0. The van der Waals surface area contributed by atoms with Crippen LogP contribution in [0.15, 0.2) is 241 Å². The molecule has 0 atom stereocenters. The quantitative estimate of drug-likeness (QED) is 0.160. The molecule has 4 heterocycles. The van der Waals surface area contributed by atoms with Gasteiger partial charge < -0.3 is 13.6 Å². The molecule has 4 aromatic heterocycles. The number of fused-ring (bicyclic) bond motifs is 9. The van der Waals surface area contributed by atoms with Crippen molar-refractivity contribution in [3.8, 4) is 67.8 Å². The highest BCUT2D eigenvalue weighted by atomic mass is 16.3. The van der Waals surface area contributed by atoms with Crippen molar-refractivity contribution in [1.29, 1.82) is 0 Å². The Morgan fingerprint density at radius 1 is 0.275 bits per heavy atom. The van der Waals surface area contributed by atoms with Crippen LogP contribution >= 0.6 is 0 Å². The zero-order valence-electron chi connectivity index (χ0n) is 37.2. The Morgan fingerprint density at radius 2 is 0.710 bits per heavy atom. The summed E-state index contributed by atoms with van der Waals surface area (Å²) in [6, 6.07) is 83.6. The third-order valence-electron chi connectivity index (χ3n) is 13.6. The lowest BCUT2D eigenvalue weighted by atomic mass is 9.98. The molecule has 6 nitrogen and oxygen atoms in total. The number of hydrogen-bond donors (Lipinski definition) is 0. The molecule has 14 rings (SSSR count). The predicted molar refractivity (Wildman–Crippen MR) is 283 cm³/mol. The zero-order chi connectivity index (χ0) is 45.4. The summed E-state index contributed by atoms with van der Waals surface area (Å²) in [6.07, 6.45) is 0. The van der Waals surface area contributed by atoms with Crippen LogP contribution in [0.2, 0.25) is 0 Å². The van der Waals surface area contributed by atoms with E-state index in [1.165, 1.54) is 10.8 Å². The molecule has 0 spiro atoms. The molecule has 0 aliphatic heterocycles. The van der Waals surface area contributed by atoms with Crippen LogP contribution in [0.1, 0.15) is 0 Å². The molecule has 0 fully saturated rings. The van der Waals surface area contributed by atoms with Gasteiger partial charge in [-0.3, -0.25) is 0 Å². The lowest BCUT2D eigenvalue weighted by molar-refractivity contribution is 0.669. The number of rotatable bonds is 7. The zero-order valence-corrected chi connectivity index (χ0v) is 37.2. The van der Waals surface area contributed by atoms with Crippen molar-refractivity contribution in [3.63, 3.8) is 0 Å². The van der Waals surface area contributed by atoms with Gasteiger partial charge in [-0.1, -0.05) is 152 Å². The second kappa shape index (κ2) is 15.6. The van der Waals surface area contributed by atoms with Crippen molar-refractivity contribution in [1.82, 2.24) is 24.1 Å². The number of nitrogens with zero attached hydrogens (tertiary/aromatic N) is 5. The van der Waals surface area contributed by atoms with E-state index in [0.717, 1.165) is 105 Å². The van der Waals surface area contributed by atoms with E-state index in [0.29, 0.717) is 17.5 Å². The molecule has 0 bridgehead atoms. The van der Waals surface area contributed by atoms with Gasteiger partial charge in [-0.25, -0.2) is 15.0 Å². The van der Waals surface area contributed by atoms with E-state index < -0.39 is 0 Å². The van der Waals surface area contributed by atoms with Crippen molar-refractivity contribution < 1.29 is 4.42 Å². The van der Waals surface area contributed by atoms with Gasteiger partial charge in [0.2, 0.25) is 0 Å². The molecule has 6 heteroatoms. The van der Waals surface area contributed by atoms with Gasteiger partial charge in [-0.15, -0.1) is 0 Å². The summed E-state index contributed by atoms with van der Waals surface area (Å²) in [7, 11) is 0. The van der Waals surface area contributed by atoms with Gasteiger partial charge in [-0.2, -0.15) is 0 Å². The number of furan rings is 1. The first kappa shape index (κ1) is 38.8. The van der Waals surface area contributed by atoms with Crippen molar-refractivity contribution >= 4 is 65.6 Å². The van der Waals surface area contributed by atoms with Crippen LogP contribution < -0.4 is 0 Å². The summed E-state index contributed by atoms with van der Waals surface area (Å²) in [4.78, 5) is 15.5. The van der Waals surface area contributed by atoms with E-state index in [4.69, 9.17) is 19.4 Å². The minimum absolute atomic E-state index is 0.622. The molecule has 10 aromatic carbocycles. The summed E-state index contributed by atoms with van der Waals surface area (Å²) in [5.41, 5.74) is 15.8. The topological polar surface area (TPSA) is 61.7 Å². The summed E-state index contributed by atoms with van der Waals surface area (Å²) >= 11 is 0. The van der Waals surface area contributed by atoms with Crippen LogP contribution in [-0.2, 0) is 0 Å². The fraction of sp³-hybridized carbons (Fsp3) is 0. The van der Waals surface area contributed by atoms with Crippen molar-refractivity contribution in [3.05, 3.63) is 237 Å². The van der Waals surface area contributed by atoms with E-state index in [2.05, 4.69) is 197 Å². The molecule has 0 radical (unpaired) electrons. The second-order valence-corrected chi connectivity index (χ2v) is 17.6. The Labute approximate surface area is 396 Å². The first-order chi connectivity index (χ1) is 34.2. The highest BCUT2D eigenvalue weighted by Crippen LogP contribution is 2.42. The van der Waals surface area contributed by atoms with Gasteiger partial charge in [-0.05, 0) is 107 Å². The monoisotopic (exact) mass is 881 g/mol. The molecule has 322 valence electrons. The smallest absolute Gasteiger partial charge is 0.164 e. The van der Waals surface area contributed by atoms with Crippen molar-refractivity contribution in [2.75, 3.05) is 0 Å². The Hall–Kier alpha value is -9.39. The molecule has 69 heavy (non-hydrogen) atoms. The van der Waals surface area contributed by atoms with Gasteiger partial charge >= 0.3 is 0 Å². The van der Waals surface area contributed by atoms with E-state index in [-0.39, 0.29) is 0 Å². The van der Waals surface area contributed by atoms with Crippen LogP contribution in [0, 0.1) is 0 Å². The maximum absolute atomic E-state index is 6.21. The van der Waals surface area contributed by atoms with Crippen LogP contribution in [0.5, 0.6) is 0 Å². The highest BCUT2D eigenvalue weighted by molar-refractivity contribution is 6.17. The molecule has 0 saturated carbocycles. The molecule has 14 aromatic rings. The van der Waals surface area contributed by atoms with E-state index in [1.54, 1.807) is 0 Å². The normalized spacial score (nSPS) is 11.8. The maximum atomic E-state index is 6.21. The lowest BCUT2D eigenvalue weighted by Crippen LogP contribution is -2.00. The van der Waals surface area contributed by atoms with Gasteiger partial charge in [0.1, 0.15) is 11.2 Å². The average molecular weight is 882 g/mol. The lowest BCUT2D eigenvalue weighted by Gasteiger charge is -2.10. The fourth-order valence-corrected chi connectivity index (χ4v) is 10.4. The van der Waals surface area contributed by atoms with E-state index >= 15 is 0 Å². The molecular weight excluding hydrogens is 843 g/mol. The first-order valence-corrected chi connectivity index (χ1v) is 23.3. The largest absolute Gasteiger partial charge is 0.456 e. The third kappa shape index (κ3) is 6.38. The summed E-state index contributed by atoms with van der Waals surface area (Å²) in [5.74, 6) is 1.88. The van der Waals surface area contributed by atoms with Crippen LogP contribution in [0.4, 0.5) is 0 Å². The molecule has 0 unspecified atom stereocenters. The molecule has 0 N–H and O–H groups in total. The number of aromatic nitrogens is 5. The van der Waals surface area contributed by atoms with E-state index in [1.807, 2.05) is 48.5 Å². The molecule has 0 aliphatic carbocycles. The number of para-hydroxylation sites is 3. The van der Waals surface area contributed by atoms with Crippen LogP contribution in [0.3, 0.4) is 0 Å². The van der Waals surface area contributed by atoms with Gasteiger partial charge in [0.15, 0.2) is 17.5 Å². The first-order valence-electron chi connectivity index (χ1n) is 23.3. The van der Waals surface area contributed by atoms with E-state index in [9.17, 15) is 0 Å². The SMILES string of the molecule is c1ccc(-c2nc(-c3ccccc3)nc(-c3cccc4c3c3cc(-c5ccc6c(c5)c5cc(-c7ccc8oc9ccccc9c8c7)ccc5n6-c5ccccc5)ccc3n4-c3ccccc3)n2)cc1. The molecule has 0 aliphatic rings. The van der Waals surface area contributed by atoms with Crippen LogP contribution in [-0.4, -0.2) is 24.1 Å². The van der Waals surface area contributed by atoms with Crippen molar-refractivity contribution in [2.24, 2.45) is 0 Å². The predicted octanol–water partition coefficient (Wildman–Crippen LogP) is 16.3. The molecule has 0 amide bonds. The summed E-state index contributed by atoms with van der Waals surface area (Å²) < 4.78 is 11.0. The Kier molecular flexibility index (Phi) is 8.79. The van der Waals surface area contributed by atoms with Gasteiger partial charge in [0, 0.05) is 60.4 Å². The van der Waals surface area contributed by atoms with Gasteiger partial charge in [0.05, 0.1) is 22.1 Å². The second-order valence-electron chi connectivity index (χ2n) is 17.6.